The molecular weight excluding hydrogens is 302 g/mol. The first-order chi connectivity index (χ1) is 11.6. The lowest BCUT2D eigenvalue weighted by Gasteiger charge is -2.39. The summed E-state index contributed by atoms with van der Waals surface area (Å²) in [4.78, 5) is 38.8. The summed E-state index contributed by atoms with van der Waals surface area (Å²) in [6.45, 7) is 1.22. The highest BCUT2D eigenvalue weighted by molar-refractivity contribution is 6.09. The molecule has 0 N–H and O–H groups in total. The van der Waals surface area contributed by atoms with Gasteiger partial charge in [-0.05, 0) is 43.2 Å². The van der Waals surface area contributed by atoms with E-state index in [0.717, 1.165) is 19.3 Å². The number of carbonyl (C=O) groups excluding carboxylic acids is 3. The van der Waals surface area contributed by atoms with Crippen molar-refractivity contribution in [2.24, 2.45) is 5.41 Å². The van der Waals surface area contributed by atoms with E-state index in [2.05, 4.69) is 12.1 Å². The van der Waals surface area contributed by atoms with Crippen LogP contribution in [0.3, 0.4) is 0 Å². The molecule has 2 fully saturated rings. The molecule has 1 saturated carbocycles. The third-order valence-electron chi connectivity index (χ3n) is 6.18. The van der Waals surface area contributed by atoms with Crippen molar-refractivity contribution in [2.45, 2.75) is 50.9 Å². The van der Waals surface area contributed by atoms with Crippen LogP contribution in [0.5, 0.6) is 0 Å². The van der Waals surface area contributed by atoms with E-state index in [-0.39, 0.29) is 29.8 Å². The Hall–Kier alpha value is -1.97. The van der Waals surface area contributed by atoms with Crippen LogP contribution in [0.15, 0.2) is 24.3 Å². The van der Waals surface area contributed by atoms with Crippen LogP contribution in [0.4, 0.5) is 0 Å². The van der Waals surface area contributed by atoms with E-state index in [0.29, 0.717) is 32.4 Å². The first kappa shape index (κ1) is 15.6. The highest BCUT2D eigenvalue weighted by Crippen LogP contribution is 2.43. The highest BCUT2D eigenvalue weighted by Gasteiger charge is 2.48. The maximum absolute atomic E-state index is 13.0. The standard InChI is InChI=1S/C20H23NO3/c22-15-12-18(23)20(13-15)8-10-21(11-9-20)19(24)17-7-3-5-14-4-1-2-6-16(14)17/h1-2,4,6,17H,3,5,7-13H2/t17-/m1/s1. The topological polar surface area (TPSA) is 54.5 Å². The number of nitrogens with zero attached hydrogens (tertiary/aromatic N) is 1. The molecule has 0 bridgehead atoms. The van der Waals surface area contributed by atoms with Crippen molar-refractivity contribution >= 4 is 17.5 Å². The van der Waals surface area contributed by atoms with Gasteiger partial charge >= 0.3 is 0 Å². The minimum atomic E-state index is -0.460. The number of benzene rings is 1. The first-order valence-corrected chi connectivity index (χ1v) is 9.01. The van der Waals surface area contributed by atoms with E-state index in [9.17, 15) is 14.4 Å². The summed E-state index contributed by atoms with van der Waals surface area (Å²) in [5, 5.41) is 0. The smallest absolute Gasteiger partial charge is 0.230 e. The molecule has 1 saturated heterocycles. The Morgan fingerprint density at radius 1 is 1.12 bits per heavy atom. The van der Waals surface area contributed by atoms with E-state index in [1.54, 1.807) is 0 Å². The molecule has 1 aromatic carbocycles. The molecule has 3 aliphatic rings. The predicted molar refractivity (Wildman–Crippen MR) is 89.6 cm³/mol. The number of rotatable bonds is 1. The van der Waals surface area contributed by atoms with Gasteiger partial charge in [-0.1, -0.05) is 24.3 Å². The summed E-state index contributed by atoms with van der Waals surface area (Å²) >= 11 is 0. The van der Waals surface area contributed by atoms with Crippen LogP contribution in [0.25, 0.3) is 0 Å². The molecule has 126 valence electrons. The number of piperidine rings is 1. The Bertz CT molecular complexity index is 701. The van der Waals surface area contributed by atoms with Gasteiger partial charge in [0.15, 0.2) is 0 Å². The molecule has 0 unspecified atom stereocenters. The zero-order valence-electron chi connectivity index (χ0n) is 13.9. The number of fused-ring (bicyclic) bond motifs is 1. The Morgan fingerprint density at radius 2 is 1.88 bits per heavy atom. The van der Waals surface area contributed by atoms with Crippen molar-refractivity contribution in [2.75, 3.05) is 13.1 Å². The Kier molecular flexibility index (Phi) is 3.78. The SMILES string of the molecule is O=C1CC(=O)C2(CCN(C(=O)[C@@H]3CCCc4ccccc43)CC2)C1. The van der Waals surface area contributed by atoms with Crippen LogP contribution >= 0.6 is 0 Å². The lowest BCUT2D eigenvalue weighted by molar-refractivity contribution is -0.139. The highest BCUT2D eigenvalue weighted by atomic mass is 16.2. The number of likely N-dealkylation sites (tertiary alicyclic amines) is 1. The molecule has 0 radical (unpaired) electrons. The van der Waals surface area contributed by atoms with Gasteiger partial charge in [-0.15, -0.1) is 0 Å². The van der Waals surface area contributed by atoms with E-state index < -0.39 is 5.41 Å². The Balaban J connectivity index is 1.48. The first-order valence-electron chi connectivity index (χ1n) is 9.01. The molecule has 2 aliphatic carbocycles. The van der Waals surface area contributed by atoms with Crippen molar-refractivity contribution in [3.05, 3.63) is 35.4 Å². The van der Waals surface area contributed by atoms with Crippen molar-refractivity contribution in [3.63, 3.8) is 0 Å². The van der Waals surface area contributed by atoms with Crippen LogP contribution in [0, 0.1) is 5.41 Å². The molecule has 0 aromatic heterocycles. The molecule has 1 heterocycles. The van der Waals surface area contributed by atoms with Crippen LogP contribution in [0.2, 0.25) is 0 Å². The number of aryl methyl sites for hydroxylation is 1. The minimum Gasteiger partial charge on any atom is -0.342 e. The second-order valence-corrected chi connectivity index (χ2v) is 7.56. The van der Waals surface area contributed by atoms with Gasteiger partial charge in [-0.25, -0.2) is 0 Å². The molecule has 1 aromatic rings. The number of amides is 1. The van der Waals surface area contributed by atoms with E-state index in [4.69, 9.17) is 0 Å². The van der Waals surface area contributed by atoms with Gasteiger partial charge in [-0.2, -0.15) is 0 Å². The lowest BCUT2D eigenvalue weighted by Crippen LogP contribution is -2.46. The zero-order valence-corrected chi connectivity index (χ0v) is 13.9. The minimum absolute atomic E-state index is 0.0371. The Labute approximate surface area is 142 Å². The van der Waals surface area contributed by atoms with Gasteiger partial charge in [0, 0.05) is 24.9 Å². The number of ketones is 2. The fraction of sp³-hybridized carbons (Fsp3) is 0.550. The third kappa shape index (κ3) is 2.48. The molecular formula is C20H23NO3. The van der Waals surface area contributed by atoms with Gasteiger partial charge in [0.05, 0.1) is 12.3 Å². The molecule has 1 aliphatic heterocycles. The molecule has 4 nitrogen and oxygen atoms in total. The van der Waals surface area contributed by atoms with Gasteiger partial charge in [0.25, 0.3) is 0 Å². The quantitative estimate of drug-likeness (QED) is 0.746. The third-order valence-corrected chi connectivity index (χ3v) is 6.18. The van der Waals surface area contributed by atoms with Crippen molar-refractivity contribution in [1.82, 2.24) is 4.90 Å². The second kappa shape index (κ2) is 5.83. The van der Waals surface area contributed by atoms with E-state index >= 15 is 0 Å². The van der Waals surface area contributed by atoms with Crippen LogP contribution in [0.1, 0.15) is 55.6 Å². The summed E-state index contributed by atoms with van der Waals surface area (Å²) in [7, 11) is 0. The van der Waals surface area contributed by atoms with E-state index in [1.165, 1.54) is 11.1 Å². The maximum Gasteiger partial charge on any atom is 0.230 e. The molecule has 1 amide bonds. The molecule has 1 atom stereocenters. The number of hydrogen-bond acceptors (Lipinski definition) is 3. The predicted octanol–water partition coefficient (Wildman–Crippen LogP) is 2.65. The summed E-state index contributed by atoms with van der Waals surface area (Å²) in [6.07, 6.45) is 4.81. The maximum atomic E-state index is 13.0. The van der Waals surface area contributed by atoms with Crippen LogP contribution < -0.4 is 0 Å². The molecule has 24 heavy (non-hydrogen) atoms. The molecule has 4 heteroatoms. The van der Waals surface area contributed by atoms with Crippen molar-refractivity contribution in [3.8, 4) is 0 Å². The largest absolute Gasteiger partial charge is 0.342 e. The fourth-order valence-corrected chi connectivity index (χ4v) is 4.75. The van der Waals surface area contributed by atoms with Gasteiger partial charge < -0.3 is 4.90 Å². The number of Topliss-reactive ketones (excluding diaryl/α,β-unsaturated/α-hetero) is 2. The van der Waals surface area contributed by atoms with Crippen molar-refractivity contribution in [1.29, 1.82) is 0 Å². The summed E-state index contributed by atoms with van der Waals surface area (Å²) < 4.78 is 0. The van der Waals surface area contributed by atoms with Crippen LogP contribution in [-0.4, -0.2) is 35.5 Å². The average molecular weight is 325 g/mol. The summed E-state index contributed by atoms with van der Waals surface area (Å²) in [6, 6.07) is 8.27. The fourth-order valence-electron chi connectivity index (χ4n) is 4.75. The molecule has 4 rings (SSSR count). The molecule has 1 spiro atoms. The van der Waals surface area contributed by atoms with Gasteiger partial charge in [0.2, 0.25) is 5.91 Å². The van der Waals surface area contributed by atoms with Gasteiger partial charge in [0.1, 0.15) is 11.6 Å². The van der Waals surface area contributed by atoms with E-state index in [1.807, 2.05) is 17.0 Å². The monoisotopic (exact) mass is 325 g/mol. The summed E-state index contributed by atoms with van der Waals surface area (Å²) in [5.41, 5.74) is 2.02. The lowest BCUT2D eigenvalue weighted by atomic mass is 9.75. The van der Waals surface area contributed by atoms with Gasteiger partial charge in [-0.3, -0.25) is 14.4 Å². The number of carbonyl (C=O) groups is 3. The van der Waals surface area contributed by atoms with Crippen LogP contribution in [-0.2, 0) is 20.8 Å². The second-order valence-electron chi connectivity index (χ2n) is 7.56. The van der Waals surface area contributed by atoms with Crippen molar-refractivity contribution < 1.29 is 14.4 Å². The average Bonchev–Trinajstić information content (AvgIpc) is 2.87. The zero-order chi connectivity index (χ0) is 16.7. The summed E-state index contributed by atoms with van der Waals surface area (Å²) in [5.74, 6) is 0.335. The number of hydrogen-bond donors (Lipinski definition) is 0. The Morgan fingerprint density at radius 3 is 2.58 bits per heavy atom. The normalized spacial score (nSPS) is 25.8.